The number of amides is 1. The Morgan fingerprint density at radius 2 is 1.89 bits per heavy atom. The number of fused-ring (bicyclic) bond motifs is 1. The summed E-state index contributed by atoms with van der Waals surface area (Å²) in [6.07, 6.45) is 0.322. The first-order valence-electron chi connectivity index (χ1n) is 8.56. The predicted octanol–water partition coefficient (Wildman–Crippen LogP) is 0.374. The molecule has 3 rings (SSSR count). The smallest absolute Gasteiger partial charge is 0.241 e. The quantitative estimate of drug-likeness (QED) is 0.748. The molecule has 0 aromatic heterocycles. The number of carboxylic acid groups (broad SMARTS) is 1. The average Bonchev–Trinajstić information content (AvgIpc) is 3.06. The van der Waals surface area contributed by atoms with Gasteiger partial charge in [-0.25, -0.2) is 17.5 Å². The normalized spacial score (nSPS) is 14.6. The number of halogens is 1. The zero-order valence-corrected chi connectivity index (χ0v) is 15.8. The van der Waals surface area contributed by atoms with Gasteiger partial charge in [-0.05, 0) is 54.3 Å². The van der Waals surface area contributed by atoms with Crippen LogP contribution in [0.25, 0.3) is 0 Å². The van der Waals surface area contributed by atoms with Gasteiger partial charge in [0.1, 0.15) is 5.82 Å². The number of aliphatic carboxylic acids is 1. The van der Waals surface area contributed by atoms with Crippen LogP contribution >= 0.6 is 0 Å². The third-order valence-electron chi connectivity index (χ3n) is 4.57. The highest BCUT2D eigenvalue weighted by molar-refractivity contribution is 7.89. The first-order chi connectivity index (χ1) is 13.2. The molecule has 2 aromatic rings. The second-order valence-corrected chi connectivity index (χ2v) is 8.25. The van der Waals surface area contributed by atoms with E-state index in [-0.39, 0.29) is 17.2 Å². The van der Waals surface area contributed by atoms with E-state index in [2.05, 4.69) is 4.72 Å². The van der Waals surface area contributed by atoms with Crippen LogP contribution in [0.1, 0.15) is 18.1 Å². The van der Waals surface area contributed by atoms with E-state index in [1.54, 1.807) is 4.90 Å². The number of carbonyl (C=O) groups is 2. The van der Waals surface area contributed by atoms with Crippen molar-refractivity contribution >= 4 is 27.6 Å². The van der Waals surface area contributed by atoms with E-state index in [9.17, 15) is 27.5 Å². The largest absolute Gasteiger partial charge is 0.548 e. The summed E-state index contributed by atoms with van der Waals surface area (Å²) in [5.41, 5.74) is 1.79. The molecule has 1 aliphatic heterocycles. The van der Waals surface area contributed by atoms with Crippen LogP contribution in [-0.4, -0.2) is 32.9 Å². The summed E-state index contributed by atoms with van der Waals surface area (Å²) >= 11 is 0. The van der Waals surface area contributed by atoms with Crippen molar-refractivity contribution in [2.75, 3.05) is 11.4 Å². The molecule has 0 bridgehead atoms. The molecule has 0 radical (unpaired) electrons. The molecule has 1 atom stereocenters. The molecule has 0 fully saturated rings. The Bertz CT molecular complexity index is 1020. The minimum absolute atomic E-state index is 0.0954. The number of nitrogens with one attached hydrogen (secondary N) is 1. The van der Waals surface area contributed by atoms with Crippen LogP contribution in [0.4, 0.5) is 10.1 Å². The first kappa shape index (κ1) is 20.0. The van der Waals surface area contributed by atoms with E-state index in [0.717, 1.165) is 12.1 Å². The number of carbonyl (C=O) groups excluding carboxylic acids is 2. The summed E-state index contributed by atoms with van der Waals surface area (Å²) in [5, 5.41) is 11.4. The second-order valence-electron chi connectivity index (χ2n) is 6.53. The molecule has 2 aromatic carbocycles. The van der Waals surface area contributed by atoms with E-state index < -0.39 is 27.9 Å². The molecule has 9 heteroatoms. The molecule has 0 aliphatic carbocycles. The highest BCUT2D eigenvalue weighted by Crippen LogP contribution is 2.30. The highest BCUT2D eigenvalue weighted by atomic mass is 32.2. The van der Waals surface area contributed by atoms with E-state index >= 15 is 0 Å². The summed E-state index contributed by atoms with van der Waals surface area (Å²) in [6, 6.07) is 7.87. The maximum Gasteiger partial charge on any atom is 0.241 e. The standard InChI is InChI=1S/C19H19FN2O5S/c1-12(23)22-9-8-14-11-16(6-7-18(14)22)28(26,27)21-17(19(24)25)10-13-2-4-15(20)5-3-13/h2-7,11,17,21H,8-10H2,1H3,(H,24,25)/p-1/t17-/m1/s1. The molecule has 0 spiro atoms. The lowest BCUT2D eigenvalue weighted by atomic mass is 10.1. The Morgan fingerprint density at radius 1 is 1.21 bits per heavy atom. The molecule has 7 nitrogen and oxygen atoms in total. The number of hydrogen-bond donors (Lipinski definition) is 1. The molecule has 1 heterocycles. The molecule has 1 N–H and O–H groups in total. The zero-order chi connectivity index (χ0) is 20.5. The first-order valence-corrected chi connectivity index (χ1v) is 10.0. The fraction of sp³-hybridized carbons (Fsp3) is 0.263. The van der Waals surface area contributed by atoms with Gasteiger partial charge in [-0.2, -0.15) is 0 Å². The molecule has 0 saturated carbocycles. The fourth-order valence-electron chi connectivity index (χ4n) is 3.16. The van der Waals surface area contributed by atoms with Crippen LogP contribution in [0, 0.1) is 5.82 Å². The van der Waals surface area contributed by atoms with E-state index in [1.165, 1.54) is 37.3 Å². The van der Waals surface area contributed by atoms with Crippen molar-refractivity contribution in [3.05, 3.63) is 59.4 Å². The van der Waals surface area contributed by atoms with Gasteiger partial charge in [0.05, 0.1) is 16.9 Å². The van der Waals surface area contributed by atoms with Gasteiger partial charge in [0, 0.05) is 19.2 Å². The molecule has 148 valence electrons. The lowest BCUT2D eigenvalue weighted by Crippen LogP contribution is -2.49. The van der Waals surface area contributed by atoms with Gasteiger partial charge in [-0.1, -0.05) is 12.1 Å². The molecule has 0 unspecified atom stereocenters. The van der Waals surface area contributed by atoms with E-state index in [4.69, 9.17) is 0 Å². The maximum atomic E-state index is 13.0. The Morgan fingerprint density at radius 3 is 2.50 bits per heavy atom. The van der Waals surface area contributed by atoms with Crippen LogP contribution in [0.5, 0.6) is 0 Å². The molecule has 1 amide bonds. The number of carboxylic acids is 1. The van der Waals surface area contributed by atoms with Crippen LogP contribution in [0.2, 0.25) is 0 Å². The van der Waals surface area contributed by atoms with Crippen LogP contribution < -0.4 is 14.7 Å². The Hall–Kier alpha value is -2.78. The number of rotatable bonds is 6. The molecular formula is C19H18FN2O5S-. The van der Waals surface area contributed by atoms with Crippen LogP contribution in [-0.2, 0) is 32.5 Å². The van der Waals surface area contributed by atoms with Crippen molar-refractivity contribution in [1.29, 1.82) is 0 Å². The highest BCUT2D eigenvalue weighted by Gasteiger charge is 2.26. The fourth-order valence-corrected chi connectivity index (χ4v) is 4.39. The molecule has 1 aliphatic rings. The Kier molecular flexibility index (Phi) is 5.48. The third-order valence-corrected chi connectivity index (χ3v) is 6.04. The van der Waals surface area contributed by atoms with Crippen molar-refractivity contribution in [2.24, 2.45) is 0 Å². The van der Waals surface area contributed by atoms with E-state index in [0.29, 0.717) is 29.8 Å². The van der Waals surface area contributed by atoms with Gasteiger partial charge >= 0.3 is 0 Å². The van der Waals surface area contributed by atoms with Crippen molar-refractivity contribution in [2.45, 2.75) is 30.7 Å². The van der Waals surface area contributed by atoms with Gasteiger partial charge in [0.2, 0.25) is 15.9 Å². The second kappa shape index (κ2) is 7.69. The minimum Gasteiger partial charge on any atom is -0.548 e. The average molecular weight is 405 g/mol. The van der Waals surface area contributed by atoms with Crippen molar-refractivity contribution in [3.8, 4) is 0 Å². The summed E-state index contributed by atoms with van der Waals surface area (Å²) in [5.74, 6) is -2.20. The van der Waals surface area contributed by atoms with E-state index in [1.807, 2.05) is 0 Å². The van der Waals surface area contributed by atoms with Gasteiger partial charge in [0.25, 0.3) is 0 Å². The lowest BCUT2D eigenvalue weighted by Gasteiger charge is -2.20. The third kappa shape index (κ3) is 4.20. The lowest BCUT2D eigenvalue weighted by molar-refractivity contribution is -0.307. The summed E-state index contributed by atoms with van der Waals surface area (Å²) in [7, 11) is -4.14. The van der Waals surface area contributed by atoms with Gasteiger partial charge < -0.3 is 14.8 Å². The number of benzene rings is 2. The van der Waals surface area contributed by atoms with Crippen molar-refractivity contribution in [1.82, 2.24) is 4.72 Å². The number of hydrogen-bond acceptors (Lipinski definition) is 5. The molecular weight excluding hydrogens is 387 g/mol. The van der Waals surface area contributed by atoms with Crippen molar-refractivity contribution < 1.29 is 27.5 Å². The van der Waals surface area contributed by atoms with Gasteiger partial charge in [-0.3, -0.25) is 4.79 Å². The SMILES string of the molecule is CC(=O)N1CCc2cc(S(=O)(=O)N[C@H](Cc3ccc(F)cc3)C(=O)[O-])ccc21. The minimum atomic E-state index is -4.14. The number of anilines is 1. The number of nitrogens with zero attached hydrogens (tertiary/aromatic N) is 1. The van der Waals surface area contributed by atoms with Crippen LogP contribution in [0.15, 0.2) is 47.4 Å². The monoisotopic (exact) mass is 405 g/mol. The molecule has 28 heavy (non-hydrogen) atoms. The zero-order valence-electron chi connectivity index (χ0n) is 15.0. The number of sulfonamides is 1. The Balaban J connectivity index is 1.82. The van der Waals surface area contributed by atoms with Gasteiger partial charge in [-0.15, -0.1) is 0 Å². The summed E-state index contributed by atoms with van der Waals surface area (Å²) in [6.45, 7) is 1.90. The maximum absolute atomic E-state index is 13.0. The Labute approximate surface area is 161 Å². The topological polar surface area (TPSA) is 107 Å². The van der Waals surface area contributed by atoms with Crippen LogP contribution in [0.3, 0.4) is 0 Å². The molecule has 0 saturated heterocycles. The van der Waals surface area contributed by atoms with Crippen molar-refractivity contribution in [3.63, 3.8) is 0 Å². The summed E-state index contributed by atoms with van der Waals surface area (Å²) < 4.78 is 40.5. The predicted molar refractivity (Wildman–Crippen MR) is 97.4 cm³/mol. The summed E-state index contributed by atoms with van der Waals surface area (Å²) in [4.78, 5) is 24.5. The van der Waals surface area contributed by atoms with Gasteiger partial charge in [0.15, 0.2) is 0 Å².